The van der Waals surface area contributed by atoms with Crippen LogP contribution < -0.4 is 0 Å². The molecule has 0 aliphatic heterocycles. The number of Topliss-reactive ketones (excluding diaryl/α,β-unsaturated/α-hetero) is 1. The Morgan fingerprint density at radius 3 is 2.37 bits per heavy atom. The fourth-order valence-electron chi connectivity index (χ4n) is 2.27. The Kier molecular flexibility index (Phi) is 3.25. The van der Waals surface area contributed by atoms with E-state index < -0.39 is 11.8 Å². The van der Waals surface area contributed by atoms with E-state index >= 15 is 0 Å². The summed E-state index contributed by atoms with van der Waals surface area (Å²) >= 11 is 0. The second-order valence-electron chi connectivity index (χ2n) is 4.59. The van der Waals surface area contributed by atoms with E-state index in [-0.39, 0.29) is 5.56 Å². The summed E-state index contributed by atoms with van der Waals surface area (Å²) in [7, 11) is 0. The number of aliphatic carboxylic acids is 1. The van der Waals surface area contributed by atoms with Gasteiger partial charge in [0.2, 0.25) is 0 Å². The number of carboxylic acid groups (broad SMARTS) is 1. The van der Waals surface area contributed by atoms with E-state index in [9.17, 15) is 9.59 Å². The van der Waals surface area contributed by atoms with Crippen LogP contribution in [0.3, 0.4) is 0 Å². The van der Waals surface area contributed by atoms with Crippen molar-refractivity contribution in [2.45, 2.75) is 20.8 Å². The van der Waals surface area contributed by atoms with Crippen LogP contribution in [-0.2, 0) is 4.79 Å². The first-order chi connectivity index (χ1) is 8.91. The lowest BCUT2D eigenvalue weighted by Crippen LogP contribution is -2.13. The predicted molar refractivity (Wildman–Crippen MR) is 71.9 cm³/mol. The van der Waals surface area contributed by atoms with Crippen molar-refractivity contribution in [2.75, 3.05) is 0 Å². The maximum atomic E-state index is 11.6. The number of aromatic nitrogens is 1. The van der Waals surface area contributed by atoms with Crippen molar-refractivity contribution in [1.29, 1.82) is 0 Å². The van der Waals surface area contributed by atoms with Crippen LogP contribution in [0.1, 0.15) is 27.3 Å². The van der Waals surface area contributed by atoms with Crippen molar-refractivity contribution in [1.82, 2.24) is 4.57 Å². The zero-order valence-electron chi connectivity index (χ0n) is 11.1. The maximum absolute atomic E-state index is 11.6. The number of rotatable bonds is 3. The lowest BCUT2D eigenvalue weighted by atomic mass is 10.1. The minimum atomic E-state index is -1.43. The molecular formula is C15H15NO3. The van der Waals surface area contributed by atoms with Gasteiger partial charge in [0, 0.05) is 17.1 Å². The number of hydrogen-bond donors (Lipinski definition) is 1. The van der Waals surface area contributed by atoms with Crippen molar-refractivity contribution >= 4 is 11.8 Å². The van der Waals surface area contributed by atoms with Crippen LogP contribution in [0.25, 0.3) is 5.69 Å². The van der Waals surface area contributed by atoms with E-state index in [0.29, 0.717) is 5.69 Å². The standard InChI is InChI=1S/C15H15NO3/c1-9-5-4-6-12(7-9)16-10(2)8-13(11(16)3)14(17)15(18)19/h4-8H,1-3H3,(H,18,19). The molecule has 2 aromatic rings. The van der Waals surface area contributed by atoms with Gasteiger partial charge in [-0.15, -0.1) is 0 Å². The van der Waals surface area contributed by atoms with E-state index in [2.05, 4.69) is 0 Å². The number of ketones is 1. The second-order valence-corrected chi connectivity index (χ2v) is 4.59. The Morgan fingerprint density at radius 2 is 1.79 bits per heavy atom. The molecule has 1 heterocycles. The number of hydrogen-bond acceptors (Lipinski definition) is 2. The van der Waals surface area contributed by atoms with Crippen LogP contribution in [0.5, 0.6) is 0 Å². The molecule has 0 bridgehead atoms. The third-order valence-corrected chi connectivity index (χ3v) is 3.13. The fraction of sp³-hybridized carbons (Fsp3) is 0.200. The molecule has 0 atom stereocenters. The normalized spacial score (nSPS) is 10.5. The van der Waals surface area contributed by atoms with Crippen molar-refractivity contribution in [3.05, 3.63) is 52.8 Å². The molecule has 98 valence electrons. The average molecular weight is 257 g/mol. The molecule has 0 aliphatic rings. The van der Waals surface area contributed by atoms with Crippen LogP contribution in [-0.4, -0.2) is 21.4 Å². The zero-order valence-corrected chi connectivity index (χ0v) is 11.1. The Labute approximate surface area is 111 Å². The average Bonchev–Trinajstić information content (AvgIpc) is 2.63. The quantitative estimate of drug-likeness (QED) is 0.679. The number of carboxylic acids is 1. The topological polar surface area (TPSA) is 59.3 Å². The van der Waals surface area contributed by atoms with E-state index in [0.717, 1.165) is 16.9 Å². The smallest absolute Gasteiger partial charge is 0.377 e. The summed E-state index contributed by atoms with van der Waals surface area (Å²) in [6, 6.07) is 9.47. The first-order valence-electron chi connectivity index (χ1n) is 5.95. The van der Waals surface area contributed by atoms with E-state index in [1.165, 1.54) is 0 Å². The Balaban J connectivity index is 2.60. The third-order valence-electron chi connectivity index (χ3n) is 3.13. The highest BCUT2D eigenvalue weighted by Gasteiger charge is 2.21. The highest BCUT2D eigenvalue weighted by molar-refractivity contribution is 6.40. The summed E-state index contributed by atoms with van der Waals surface area (Å²) in [5.41, 5.74) is 3.77. The molecule has 0 radical (unpaired) electrons. The summed E-state index contributed by atoms with van der Waals surface area (Å²) in [4.78, 5) is 22.4. The number of benzene rings is 1. The van der Waals surface area contributed by atoms with E-state index in [4.69, 9.17) is 5.11 Å². The van der Waals surface area contributed by atoms with Gasteiger partial charge in [0.1, 0.15) is 0 Å². The van der Waals surface area contributed by atoms with Gasteiger partial charge in [0.25, 0.3) is 5.78 Å². The molecule has 1 N–H and O–H groups in total. The summed E-state index contributed by atoms with van der Waals surface area (Å²) in [6.07, 6.45) is 0. The molecule has 19 heavy (non-hydrogen) atoms. The van der Waals surface area contributed by atoms with Crippen LogP contribution in [0.2, 0.25) is 0 Å². The molecule has 4 nitrogen and oxygen atoms in total. The summed E-state index contributed by atoms with van der Waals surface area (Å²) in [6.45, 7) is 5.60. The Hall–Kier alpha value is -2.36. The van der Waals surface area contributed by atoms with Crippen LogP contribution in [0.15, 0.2) is 30.3 Å². The Bertz CT molecular complexity index is 668. The number of aryl methyl sites for hydroxylation is 2. The van der Waals surface area contributed by atoms with Gasteiger partial charge in [0.15, 0.2) is 0 Å². The van der Waals surface area contributed by atoms with Crippen molar-refractivity contribution in [2.24, 2.45) is 0 Å². The predicted octanol–water partition coefficient (Wildman–Crippen LogP) is 2.67. The van der Waals surface area contributed by atoms with Gasteiger partial charge in [-0.3, -0.25) is 4.79 Å². The van der Waals surface area contributed by atoms with Gasteiger partial charge >= 0.3 is 5.97 Å². The molecule has 2 rings (SSSR count). The summed E-state index contributed by atoms with van der Waals surface area (Å²) in [5.74, 6) is -2.29. The lowest BCUT2D eigenvalue weighted by molar-refractivity contribution is -0.131. The molecular weight excluding hydrogens is 242 g/mol. The van der Waals surface area contributed by atoms with Gasteiger partial charge in [-0.1, -0.05) is 12.1 Å². The molecule has 0 aliphatic carbocycles. The van der Waals surface area contributed by atoms with Gasteiger partial charge in [-0.25, -0.2) is 4.79 Å². The van der Waals surface area contributed by atoms with Crippen LogP contribution >= 0.6 is 0 Å². The van der Waals surface area contributed by atoms with Gasteiger partial charge < -0.3 is 9.67 Å². The van der Waals surface area contributed by atoms with E-state index in [1.807, 2.05) is 42.7 Å². The molecule has 0 spiro atoms. The molecule has 0 fully saturated rings. The molecule has 0 unspecified atom stereocenters. The number of carbonyl (C=O) groups excluding carboxylic acids is 1. The van der Waals surface area contributed by atoms with Crippen molar-refractivity contribution in [3.63, 3.8) is 0 Å². The van der Waals surface area contributed by atoms with Gasteiger partial charge in [-0.2, -0.15) is 0 Å². The van der Waals surface area contributed by atoms with E-state index in [1.54, 1.807) is 13.0 Å². The lowest BCUT2D eigenvalue weighted by Gasteiger charge is -2.10. The van der Waals surface area contributed by atoms with Gasteiger partial charge in [-0.05, 0) is 44.5 Å². The SMILES string of the molecule is Cc1cccc(-n2c(C)cc(C(=O)C(=O)O)c2C)c1. The van der Waals surface area contributed by atoms with Gasteiger partial charge in [0.05, 0.1) is 5.56 Å². The molecule has 1 aromatic heterocycles. The zero-order chi connectivity index (χ0) is 14.2. The van der Waals surface area contributed by atoms with Crippen LogP contribution in [0.4, 0.5) is 0 Å². The Morgan fingerprint density at radius 1 is 1.11 bits per heavy atom. The molecule has 4 heteroatoms. The minimum Gasteiger partial charge on any atom is -0.475 e. The molecule has 0 amide bonds. The van der Waals surface area contributed by atoms with Crippen molar-refractivity contribution < 1.29 is 14.7 Å². The highest BCUT2D eigenvalue weighted by Crippen LogP contribution is 2.21. The largest absolute Gasteiger partial charge is 0.475 e. The fourth-order valence-corrected chi connectivity index (χ4v) is 2.27. The second kappa shape index (κ2) is 4.72. The molecule has 1 aromatic carbocycles. The number of carbonyl (C=O) groups is 2. The minimum absolute atomic E-state index is 0.242. The monoisotopic (exact) mass is 257 g/mol. The maximum Gasteiger partial charge on any atom is 0.377 e. The molecule has 0 saturated carbocycles. The highest BCUT2D eigenvalue weighted by atomic mass is 16.4. The first kappa shape index (κ1) is 13.1. The van der Waals surface area contributed by atoms with Crippen molar-refractivity contribution in [3.8, 4) is 5.69 Å². The third kappa shape index (κ3) is 2.29. The number of nitrogens with zero attached hydrogens (tertiary/aromatic N) is 1. The molecule has 0 saturated heterocycles. The first-order valence-corrected chi connectivity index (χ1v) is 5.95. The summed E-state index contributed by atoms with van der Waals surface area (Å²) in [5, 5.41) is 8.82. The van der Waals surface area contributed by atoms with Crippen LogP contribution in [0, 0.1) is 20.8 Å². The summed E-state index contributed by atoms with van der Waals surface area (Å²) < 4.78 is 1.89.